The number of benzene rings is 2. The molecule has 0 fully saturated rings. The molecule has 0 aromatic heterocycles. The largest absolute Gasteiger partial charge is 0.330 e. The van der Waals surface area contributed by atoms with Crippen molar-refractivity contribution in [3.05, 3.63) is 69.8 Å². The van der Waals surface area contributed by atoms with E-state index in [0.29, 0.717) is 0 Å². The summed E-state index contributed by atoms with van der Waals surface area (Å²) in [7, 11) is 0. The topological polar surface area (TPSA) is 52.0 Å². The molecule has 2 heteroatoms. The Morgan fingerprint density at radius 2 is 1.18 bits per heavy atom. The molecule has 2 nitrogen and oxygen atoms in total. The lowest BCUT2D eigenvalue weighted by molar-refractivity contribution is 0.964. The minimum atomic E-state index is 0.739. The first-order valence-corrected chi connectivity index (χ1v) is 7.99. The Bertz CT molecular complexity index is 568. The van der Waals surface area contributed by atoms with Gasteiger partial charge in [0.2, 0.25) is 0 Å². The van der Waals surface area contributed by atoms with Gasteiger partial charge in [-0.2, -0.15) is 0 Å². The standard InChI is InChI=1S/2C10H15N/c1-8-5-9(2)7-10(6-8)3-4-11;1-8-3-4-10(5-6-11)7-9(8)2/h5-7H,3-4,11H2,1-2H3;3-4,7H,5-6,11H2,1-2H3. The smallest absolute Gasteiger partial charge is 0.00367 e. The van der Waals surface area contributed by atoms with Crippen LogP contribution in [0.15, 0.2) is 36.4 Å². The molecule has 0 unspecified atom stereocenters. The number of aryl methyl sites for hydroxylation is 4. The summed E-state index contributed by atoms with van der Waals surface area (Å²) >= 11 is 0. The predicted molar refractivity (Wildman–Crippen MR) is 97.3 cm³/mol. The van der Waals surface area contributed by atoms with Crippen molar-refractivity contribution in [2.24, 2.45) is 11.5 Å². The molecule has 0 saturated heterocycles. The van der Waals surface area contributed by atoms with Gasteiger partial charge >= 0.3 is 0 Å². The van der Waals surface area contributed by atoms with Crippen molar-refractivity contribution >= 4 is 0 Å². The highest BCUT2D eigenvalue weighted by Gasteiger charge is 1.94. The summed E-state index contributed by atoms with van der Waals surface area (Å²) in [5.41, 5.74) is 19.0. The number of hydrogen-bond acceptors (Lipinski definition) is 2. The fourth-order valence-electron chi connectivity index (χ4n) is 2.51. The normalized spacial score (nSPS) is 10.1. The Kier molecular flexibility index (Phi) is 7.86. The minimum Gasteiger partial charge on any atom is -0.330 e. The quantitative estimate of drug-likeness (QED) is 0.906. The van der Waals surface area contributed by atoms with Gasteiger partial charge in [-0.25, -0.2) is 0 Å². The van der Waals surface area contributed by atoms with Crippen LogP contribution < -0.4 is 11.5 Å². The van der Waals surface area contributed by atoms with E-state index in [1.807, 2.05) is 0 Å². The molecule has 0 radical (unpaired) electrons. The zero-order valence-corrected chi connectivity index (χ0v) is 14.4. The highest BCUT2D eigenvalue weighted by atomic mass is 14.5. The zero-order chi connectivity index (χ0) is 16.5. The van der Waals surface area contributed by atoms with Crippen molar-refractivity contribution in [2.45, 2.75) is 40.5 Å². The predicted octanol–water partition coefficient (Wildman–Crippen LogP) is 3.61. The van der Waals surface area contributed by atoms with Crippen molar-refractivity contribution in [2.75, 3.05) is 13.1 Å². The van der Waals surface area contributed by atoms with Crippen molar-refractivity contribution in [1.29, 1.82) is 0 Å². The average molecular weight is 298 g/mol. The first-order chi connectivity index (χ1) is 10.5. The summed E-state index contributed by atoms with van der Waals surface area (Å²) in [6, 6.07) is 13.1. The first-order valence-electron chi connectivity index (χ1n) is 7.99. The van der Waals surface area contributed by atoms with Crippen LogP contribution in [-0.4, -0.2) is 13.1 Å². The highest BCUT2D eigenvalue weighted by Crippen LogP contribution is 2.09. The van der Waals surface area contributed by atoms with E-state index in [4.69, 9.17) is 11.5 Å². The van der Waals surface area contributed by atoms with Crippen LogP contribution in [0.4, 0.5) is 0 Å². The van der Waals surface area contributed by atoms with Crippen molar-refractivity contribution in [3.8, 4) is 0 Å². The highest BCUT2D eigenvalue weighted by molar-refractivity contribution is 5.30. The minimum absolute atomic E-state index is 0.739. The van der Waals surface area contributed by atoms with E-state index < -0.39 is 0 Å². The van der Waals surface area contributed by atoms with Crippen LogP contribution in [0.5, 0.6) is 0 Å². The molecule has 2 aromatic carbocycles. The second-order valence-electron chi connectivity index (χ2n) is 5.99. The molecule has 0 atom stereocenters. The number of hydrogen-bond donors (Lipinski definition) is 2. The van der Waals surface area contributed by atoms with Gasteiger partial charge in [-0.3, -0.25) is 0 Å². The molecule has 0 aliphatic heterocycles. The first kappa shape index (κ1) is 18.4. The van der Waals surface area contributed by atoms with E-state index >= 15 is 0 Å². The molecule has 0 saturated carbocycles. The lowest BCUT2D eigenvalue weighted by Crippen LogP contribution is -2.02. The van der Waals surface area contributed by atoms with Gasteiger partial charge < -0.3 is 11.5 Å². The lowest BCUT2D eigenvalue weighted by atomic mass is 10.0. The molecular formula is C20H30N2. The Balaban J connectivity index is 0.000000220. The van der Waals surface area contributed by atoms with Gasteiger partial charge in [0.25, 0.3) is 0 Å². The summed E-state index contributed by atoms with van der Waals surface area (Å²) in [6.07, 6.45) is 1.98. The van der Waals surface area contributed by atoms with Crippen LogP contribution in [0.1, 0.15) is 33.4 Å². The molecule has 0 amide bonds. The molecular weight excluding hydrogens is 268 g/mol. The Labute approximate surface area is 135 Å². The maximum absolute atomic E-state index is 5.46. The van der Waals surface area contributed by atoms with E-state index in [0.717, 1.165) is 25.9 Å². The SMILES string of the molecule is Cc1cc(C)cc(CCN)c1.Cc1ccc(CCN)cc1C. The third-order valence-corrected chi connectivity index (χ3v) is 3.72. The fourth-order valence-corrected chi connectivity index (χ4v) is 2.51. The molecule has 2 aromatic rings. The summed E-state index contributed by atoms with van der Waals surface area (Å²) in [5, 5.41) is 0. The summed E-state index contributed by atoms with van der Waals surface area (Å²) in [6.45, 7) is 9.97. The van der Waals surface area contributed by atoms with Gasteiger partial charge in [-0.05, 0) is 75.9 Å². The zero-order valence-electron chi connectivity index (χ0n) is 14.4. The monoisotopic (exact) mass is 298 g/mol. The van der Waals surface area contributed by atoms with Crippen LogP contribution in [0.25, 0.3) is 0 Å². The van der Waals surface area contributed by atoms with E-state index in [1.165, 1.54) is 33.4 Å². The van der Waals surface area contributed by atoms with Crippen LogP contribution >= 0.6 is 0 Å². The van der Waals surface area contributed by atoms with Gasteiger partial charge in [0.05, 0.1) is 0 Å². The van der Waals surface area contributed by atoms with Crippen molar-refractivity contribution in [3.63, 3.8) is 0 Å². The van der Waals surface area contributed by atoms with E-state index in [-0.39, 0.29) is 0 Å². The maximum Gasteiger partial charge on any atom is -0.00367 e. The average Bonchev–Trinajstić information content (AvgIpc) is 2.43. The summed E-state index contributed by atoms with van der Waals surface area (Å²) < 4.78 is 0. The van der Waals surface area contributed by atoms with Crippen LogP contribution in [0.3, 0.4) is 0 Å². The van der Waals surface area contributed by atoms with E-state index in [1.54, 1.807) is 0 Å². The Morgan fingerprint density at radius 1 is 0.636 bits per heavy atom. The van der Waals surface area contributed by atoms with Gasteiger partial charge in [0.1, 0.15) is 0 Å². The second kappa shape index (κ2) is 9.39. The molecule has 22 heavy (non-hydrogen) atoms. The molecule has 2 rings (SSSR count). The molecule has 0 heterocycles. The van der Waals surface area contributed by atoms with Crippen molar-refractivity contribution < 1.29 is 0 Å². The third-order valence-electron chi connectivity index (χ3n) is 3.72. The van der Waals surface area contributed by atoms with Crippen LogP contribution in [0.2, 0.25) is 0 Å². The molecule has 4 N–H and O–H groups in total. The fraction of sp³-hybridized carbons (Fsp3) is 0.400. The second-order valence-corrected chi connectivity index (χ2v) is 5.99. The summed E-state index contributed by atoms with van der Waals surface area (Å²) in [4.78, 5) is 0. The van der Waals surface area contributed by atoms with Crippen LogP contribution in [0, 0.1) is 27.7 Å². The van der Waals surface area contributed by atoms with Crippen molar-refractivity contribution in [1.82, 2.24) is 0 Å². The molecule has 0 spiro atoms. The third kappa shape index (κ3) is 6.42. The molecule has 0 bridgehead atoms. The molecule has 0 aliphatic carbocycles. The number of rotatable bonds is 4. The number of nitrogens with two attached hydrogens (primary N) is 2. The summed E-state index contributed by atoms with van der Waals surface area (Å²) in [5.74, 6) is 0. The van der Waals surface area contributed by atoms with Gasteiger partial charge in [0.15, 0.2) is 0 Å². The van der Waals surface area contributed by atoms with Crippen LogP contribution in [-0.2, 0) is 12.8 Å². The Hall–Kier alpha value is -1.64. The lowest BCUT2D eigenvalue weighted by Gasteiger charge is -2.02. The van der Waals surface area contributed by atoms with E-state index in [2.05, 4.69) is 64.1 Å². The van der Waals surface area contributed by atoms with Gasteiger partial charge in [-0.1, -0.05) is 47.5 Å². The van der Waals surface area contributed by atoms with E-state index in [9.17, 15) is 0 Å². The van der Waals surface area contributed by atoms with Gasteiger partial charge in [0, 0.05) is 0 Å². The Morgan fingerprint density at radius 3 is 1.68 bits per heavy atom. The van der Waals surface area contributed by atoms with Gasteiger partial charge in [-0.15, -0.1) is 0 Å². The maximum atomic E-state index is 5.46. The molecule has 120 valence electrons. The molecule has 0 aliphatic rings.